The van der Waals surface area contributed by atoms with Gasteiger partial charge in [0, 0.05) is 10.0 Å². The van der Waals surface area contributed by atoms with E-state index in [0.717, 1.165) is 10.0 Å². The van der Waals surface area contributed by atoms with Crippen LogP contribution >= 0.6 is 15.9 Å². The average Bonchev–Trinajstić information content (AvgIpc) is 2.65. The molecule has 8 heteroatoms. The number of methoxy groups -OCH3 is 2. The fourth-order valence-electron chi connectivity index (χ4n) is 2.05. The zero-order valence-electron chi connectivity index (χ0n) is 14.3. The van der Waals surface area contributed by atoms with Crippen molar-refractivity contribution in [1.82, 2.24) is 10.7 Å². The molecule has 0 aliphatic rings. The lowest BCUT2D eigenvalue weighted by Crippen LogP contribution is -2.34. The highest BCUT2D eigenvalue weighted by molar-refractivity contribution is 9.10. The Morgan fingerprint density at radius 1 is 1.12 bits per heavy atom. The Labute approximate surface area is 159 Å². The highest BCUT2D eigenvalue weighted by atomic mass is 79.9. The summed E-state index contributed by atoms with van der Waals surface area (Å²) < 4.78 is 11.2. The van der Waals surface area contributed by atoms with Crippen LogP contribution in [0.4, 0.5) is 0 Å². The lowest BCUT2D eigenvalue weighted by molar-refractivity contribution is -0.120. The van der Waals surface area contributed by atoms with Gasteiger partial charge in [0.1, 0.15) is 0 Å². The molecule has 136 valence electrons. The predicted molar refractivity (Wildman–Crippen MR) is 102 cm³/mol. The number of halogens is 1. The first-order chi connectivity index (χ1) is 12.5. The van der Waals surface area contributed by atoms with Crippen LogP contribution in [-0.2, 0) is 4.79 Å². The number of hydrazone groups is 1. The molecule has 2 rings (SSSR count). The van der Waals surface area contributed by atoms with Gasteiger partial charge in [-0.2, -0.15) is 5.10 Å². The minimum absolute atomic E-state index is 0.205. The number of hydrogen-bond acceptors (Lipinski definition) is 5. The first kappa shape index (κ1) is 19.5. The van der Waals surface area contributed by atoms with E-state index in [1.165, 1.54) is 26.5 Å². The third kappa shape index (κ3) is 5.59. The third-order valence-electron chi connectivity index (χ3n) is 3.31. The topological polar surface area (TPSA) is 89.0 Å². The van der Waals surface area contributed by atoms with Crippen molar-refractivity contribution in [3.05, 3.63) is 58.1 Å². The van der Waals surface area contributed by atoms with Gasteiger partial charge in [-0.25, -0.2) is 5.43 Å². The van der Waals surface area contributed by atoms with Crippen molar-refractivity contribution in [2.24, 2.45) is 5.10 Å². The molecule has 2 N–H and O–H groups in total. The van der Waals surface area contributed by atoms with Gasteiger partial charge in [-0.15, -0.1) is 0 Å². The number of hydrogen-bond donors (Lipinski definition) is 2. The predicted octanol–water partition coefficient (Wildman–Crippen LogP) is 2.35. The van der Waals surface area contributed by atoms with Gasteiger partial charge in [0.2, 0.25) is 0 Å². The maximum atomic E-state index is 12.1. The van der Waals surface area contributed by atoms with E-state index in [9.17, 15) is 9.59 Å². The standard InChI is InChI=1S/C18H18BrN3O4/c1-25-15-7-6-13(9-16(15)26-2)18(24)20-11-17(23)22-21-10-12-4-3-5-14(19)8-12/h3-10H,11H2,1-2H3,(H,20,24)(H,22,23)/b21-10-. The largest absolute Gasteiger partial charge is 0.493 e. The highest BCUT2D eigenvalue weighted by Gasteiger charge is 2.11. The molecule has 0 saturated carbocycles. The summed E-state index contributed by atoms with van der Waals surface area (Å²) in [5.74, 6) is 0.106. The summed E-state index contributed by atoms with van der Waals surface area (Å²) in [5.41, 5.74) is 3.54. The molecule has 2 aromatic carbocycles. The molecule has 0 radical (unpaired) electrons. The van der Waals surface area contributed by atoms with Gasteiger partial charge in [-0.3, -0.25) is 9.59 Å². The highest BCUT2D eigenvalue weighted by Crippen LogP contribution is 2.27. The number of rotatable bonds is 7. The Hall–Kier alpha value is -2.87. The molecule has 0 saturated heterocycles. The van der Waals surface area contributed by atoms with Gasteiger partial charge in [-0.1, -0.05) is 28.1 Å². The Bertz CT molecular complexity index is 824. The van der Waals surface area contributed by atoms with Crippen molar-refractivity contribution >= 4 is 34.0 Å². The molecule has 0 unspecified atom stereocenters. The van der Waals surface area contributed by atoms with Crippen molar-refractivity contribution in [2.75, 3.05) is 20.8 Å². The van der Waals surface area contributed by atoms with E-state index in [4.69, 9.17) is 9.47 Å². The number of nitrogens with one attached hydrogen (secondary N) is 2. The quantitative estimate of drug-likeness (QED) is 0.532. The second kappa shape index (κ2) is 9.57. The summed E-state index contributed by atoms with van der Waals surface area (Å²) in [4.78, 5) is 23.9. The molecule has 0 aliphatic carbocycles. The molecule has 0 spiro atoms. The van der Waals surface area contributed by atoms with Crippen LogP contribution in [0.3, 0.4) is 0 Å². The van der Waals surface area contributed by atoms with Crippen LogP contribution in [0.2, 0.25) is 0 Å². The van der Waals surface area contributed by atoms with E-state index in [1.807, 2.05) is 24.3 Å². The van der Waals surface area contributed by atoms with Crippen LogP contribution < -0.4 is 20.2 Å². The van der Waals surface area contributed by atoms with Crippen molar-refractivity contribution in [1.29, 1.82) is 0 Å². The zero-order valence-corrected chi connectivity index (χ0v) is 15.9. The van der Waals surface area contributed by atoms with Gasteiger partial charge in [0.25, 0.3) is 11.8 Å². The molecule has 0 atom stereocenters. The van der Waals surface area contributed by atoms with Gasteiger partial charge in [-0.05, 0) is 35.9 Å². The molecular weight excluding hydrogens is 402 g/mol. The molecular formula is C18H18BrN3O4. The first-order valence-corrected chi connectivity index (χ1v) is 8.40. The van der Waals surface area contributed by atoms with Gasteiger partial charge < -0.3 is 14.8 Å². The first-order valence-electron chi connectivity index (χ1n) is 7.61. The van der Waals surface area contributed by atoms with Crippen LogP contribution in [0.5, 0.6) is 11.5 Å². The van der Waals surface area contributed by atoms with E-state index in [0.29, 0.717) is 17.1 Å². The van der Waals surface area contributed by atoms with Gasteiger partial charge in [0.05, 0.1) is 27.0 Å². The van der Waals surface area contributed by atoms with Crippen LogP contribution in [0.1, 0.15) is 15.9 Å². The fourth-order valence-corrected chi connectivity index (χ4v) is 2.46. The SMILES string of the molecule is COc1ccc(C(=O)NCC(=O)N/N=C\c2cccc(Br)c2)cc1OC. The van der Waals surface area contributed by atoms with Crippen LogP contribution in [-0.4, -0.2) is 38.8 Å². The van der Waals surface area contributed by atoms with Gasteiger partial charge >= 0.3 is 0 Å². The van der Waals surface area contributed by atoms with Crippen LogP contribution in [0, 0.1) is 0 Å². The minimum atomic E-state index is -0.440. The maximum absolute atomic E-state index is 12.1. The monoisotopic (exact) mass is 419 g/mol. The smallest absolute Gasteiger partial charge is 0.259 e. The Kier molecular flexibility index (Phi) is 7.16. The number of nitrogens with zero attached hydrogens (tertiary/aromatic N) is 1. The van der Waals surface area contributed by atoms with Gasteiger partial charge in [0.15, 0.2) is 11.5 Å². The number of benzene rings is 2. The third-order valence-corrected chi connectivity index (χ3v) is 3.80. The molecule has 0 heterocycles. The number of carbonyl (C=O) groups is 2. The van der Waals surface area contributed by atoms with Crippen molar-refractivity contribution in [2.45, 2.75) is 0 Å². The summed E-state index contributed by atoms with van der Waals surface area (Å²) >= 11 is 3.35. The zero-order chi connectivity index (χ0) is 18.9. The summed E-state index contributed by atoms with van der Waals surface area (Å²) in [6, 6.07) is 12.2. The number of amides is 2. The molecule has 0 aromatic heterocycles. The van der Waals surface area contributed by atoms with E-state index < -0.39 is 11.8 Å². The molecule has 0 fully saturated rings. The van der Waals surface area contributed by atoms with Crippen molar-refractivity contribution in [3.63, 3.8) is 0 Å². The molecule has 7 nitrogen and oxygen atoms in total. The number of carbonyl (C=O) groups excluding carboxylic acids is 2. The Balaban J connectivity index is 1.86. The van der Waals surface area contributed by atoms with E-state index in [1.54, 1.807) is 12.1 Å². The van der Waals surface area contributed by atoms with Crippen molar-refractivity contribution in [3.8, 4) is 11.5 Å². The normalized spacial score (nSPS) is 10.4. The average molecular weight is 420 g/mol. The van der Waals surface area contributed by atoms with E-state index >= 15 is 0 Å². The summed E-state index contributed by atoms with van der Waals surface area (Å²) in [6.07, 6.45) is 1.51. The lowest BCUT2D eigenvalue weighted by atomic mass is 10.2. The fraction of sp³-hybridized carbons (Fsp3) is 0.167. The molecule has 2 aromatic rings. The molecule has 0 bridgehead atoms. The van der Waals surface area contributed by atoms with Crippen LogP contribution in [0.15, 0.2) is 52.0 Å². The maximum Gasteiger partial charge on any atom is 0.259 e. The molecule has 0 aliphatic heterocycles. The molecule has 2 amide bonds. The van der Waals surface area contributed by atoms with E-state index in [-0.39, 0.29) is 6.54 Å². The lowest BCUT2D eigenvalue weighted by Gasteiger charge is -2.09. The van der Waals surface area contributed by atoms with Crippen molar-refractivity contribution < 1.29 is 19.1 Å². The Morgan fingerprint density at radius 3 is 2.58 bits per heavy atom. The second-order valence-electron chi connectivity index (χ2n) is 5.10. The van der Waals surface area contributed by atoms with Crippen LogP contribution in [0.25, 0.3) is 0 Å². The molecule has 26 heavy (non-hydrogen) atoms. The minimum Gasteiger partial charge on any atom is -0.493 e. The summed E-state index contributed by atoms with van der Waals surface area (Å²) in [7, 11) is 2.99. The number of ether oxygens (including phenoxy) is 2. The van der Waals surface area contributed by atoms with E-state index in [2.05, 4.69) is 31.8 Å². The summed E-state index contributed by atoms with van der Waals surface area (Å²) in [6.45, 7) is -0.205. The summed E-state index contributed by atoms with van der Waals surface area (Å²) in [5, 5.41) is 6.37. The Morgan fingerprint density at radius 2 is 1.88 bits per heavy atom. The second-order valence-corrected chi connectivity index (χ2v) is 6.02.